The fourth-order valence-electron chi connectivity index (χ4n) is 2.97. The normalized spacial score (nSPS) is 13.6. The van der Waals surface area contributed by atoms with Gasteiger partial charge in [0, 0.05) is 11.6 Å². The van der Waals surface area contributed by atoms with E-state index in [0.717, 1.165) is 6.07 Å². The van der Waals surface area contributed by atoms with E-state index >= 15 is 0 Å². The van der Waals surface area contributed by atoms with Gasteiger partial charge in [-0.05, 0) is 24.3 Å². The van der Waals surface area contributed by atoms with Crippen LogP contribution in [0.3, 0.4) is 0 Å². The molecule has 3 aromatic rings. The Morgan fingerprint density at radius 2 is 1.53 bits per heavy atom. The maximum absolute atomic E-state index is 13.8. The molecule has 0 unspecified atom stereocenters. The van der Waals surface area contributed by atoms with Gasteiger partial charge in [-0.2, -0.15) is 8.78 Å². The number of ether oxygens (including phenoxy) is 3. The molecule has 3 aromatic carbocycles. The third-order valence-corrected chi connectivity index (χ3v) is 4.57. The lowest BCUT2D eigenvalue weighted by Crippen LogP contribution is -2.19. The van der Waals surface area contributed by atoms with Gasteiger partial charge in [0.1, 0.15) is 17.3 Å². The van der Waals surface area contributed by atoms with E-state index in [9.17, 15) is 35.9 Å². The number of benzene rings is 3. The smallest absolute Gasteiger partial charge is 0.349 e. The molecule has 0 N–H and O–H groups in total. The maximum atomic E-state index is 13.8. The van der Waals surface area contributed by atoms with E-state index in [4.69, 9.17) is 9.47 Å². The van der Waals surface area contributed by atoms with Crippen LogP contribution in [0.5, 0.6) is 17.2 Å². The number of Topliss-reactive ketones (excluding diaryl/α,β-unsaturated/α-hetero) is 1. The second kappa shape index (κ2) is 8.93. The Bertz CT molecular complexity index is 1340. The summed E-state index contributed by atoms with van der Waals surface area (Å²) in [4.78, 5) is 24.4. The molecule has 34 heavy (non-hydrogen) atoms. The second-order valence-electron chi connectivity index (χ2n) is 6.78. The van der Waals surface area contributed by atoms with Crippen molar-refractivity contribution in [3.05, 3.63) is 94.3 Å². The summed E-state index contributed by atoms with van der Waals surface area (Å²) in [7, 11) is 0. The number of halogens is 6. The van der Waals surface area contributed by atoms with Gasteiger partial charge in [-0.15, -0.1) is 0 Å². The highest BCUT2D eigenvalue weighted by Gasteiger charge is 2.29. The van der Waals surface area contributed by atoms with Crippen molar-refractivity contribution in [3.63, 3.8) is 0 Å². The number of allylic oxidation sites excluding steroid dienone is 1. The molecule has 0 aliphatic carbocycles. The van der Waals surface area contributed by atoms with Crippen LogP contribution in [-0.4, -0.2) is 18.4 Å². The summed E-state index contributed by atoms with van der Waals surface area (Å²) in [6.45, 7) is -1.20. The minimum absolute atomic E-state index is 0.0152. The third kappa shape index (κ3) is 4.19. The van der Waals surface area contributed by atoms with Crippen molar-refractivity contribution in [2.75, 3.05) is 6.61 Å². The fourth-order valence-corrected chi connectivity index (χ4v) is 2.97. The number of esters is 1. The first-order valence-electron chi connectivity index (χ1n) is 9.35. The molecular weight excluding hydrogens is 470 g/mol. The Hall–Kier alpha value is -4.28. The highest BCUT2D eigenvalue weighted by molar-refractivity contribution is 6.14. The predicted molar refractivity (Wildman–Crippen MR) is 103 cm³/mol. The van der Waals surface area contributed by atoms with Crippen molar-refractivity contribution in [2.24, 2.45) is 0 Å². The Morgan fingerprint density at radius 1 is 0.882 bits per heavy atom. The van der Waals surface area contributed by atoms with Gasteiger partial charge >= 0.3 is 5.97 Å². The van der Waals surface area contributed by atoms with E-state index in [1.807, 2.05) is 0 Å². The Labute approximate surface area is 186 Å². The molecular formula is C23H10F6O5. The number of fused-ring (bicyclic) bond motifs is 1. The molecule has 0 spiro atoms. The monoisotopic (exact) mass is 480 g/mol. The van der Waals surface area contributed by atoms with E-state index in [2.05, 4.69) is 4.74 Å². The summed E-state index contributed by atoms with van der Waals surface area (Å²) < 4.78 is 95.2. The summed E-state index contributed by atoms with van der Waals surface area (Å²) in [5, 5.41) is 0. The van der Waals surface area contributed by atoms with Crippen molar-refractivity contribution in [1.82, 2.24) is 0 Å². The van der Waals surface area contributed by atoms with Crippen LogP contribution in [0.1, 0.15) is 15.9 Å². The minimum Gasteiger partial charge on any atom is -0.476 e. The van der Waals surface area contributed by atoms with Gasteiger partial charge in [0.15, 0.2) is 18.1 Å². The van der Waals surface area contributed by atoms with Gasteiger partial charge in [0.2, 0.25) is 34.9 Å². The van der Waals surface area contributed by atoms with Gasteiger partial charge in [-0.3, -0.25) is 4.79 Å². The molecule has 0 saturated heterocycles. The third-order valence-electron chi connectivity index (χ3n) is 4.57. The molecule has 1 aliphatic heterocycles. The molecule has 4 rings (SSSR count). The topological polar surface area (TPSA) is 61.8 Å². The molecule has 0 amide bonds. The summed E-state index contributed by atoms with van der Waals surface area (Å²) >= 11 is 0. The van der Waals surface area contributed by atoms with Crippen LogP contribution in [0.25, 0.3) is 6.08 Å². The summed E-state index contributed by atoms with van der Waals surface area (Å²) in [5.41, 5.74) is 0.204. The molecule has 5 nitrogen and oxygen atoms in total. The molecule has 0 bridgehead atoms. The highest BCUT2D eigenvalue weighted by Crippen LogP contribution is 2.35. The second-order valence-corrected chi connectivity index (χ2v) is 6.78. The van der Waals surface area contributed by atoms with Crippen molar-refractivity contribution < 1.29 is 50.1 Å². The van der Waals surface area contributed by atoms with Crippen LogP contribution < -0.4 is 14.2 Å². The molecule has 1 aliphatic rings. The van der Waals surface area contributed by atoms with Crippen molar-refractivity contribution >= 4 is 17.8 Å². The van der Waals surface area contributed by atoms with Crippen LogP contribution in [0.2, 0.25) is 0 Å². The first kappa shape index (κ1) is 22.9. The SMILES string of the molecule is O=C(COc1c(F)c(F)c(F)c(F)c1F)Oc1ccc2c(c1)O/C(=C\c1ccccc1F)C2=O. The first-order chi connectivity index (χ1) is 16.2. The summed E-state index contributed by atoms with van der Waals surface area (Å²) in [6.07, 6.45) is 1.20. The van der Waals surface area contributed by atoms with Crippen molar-refractivity contribution in [3.8, 4) is 17.2 Å². The minimum atomic E-state index is -2.37. The van der Waals surface area contributed by atoms with Gasteiger partial charge in [0.25, 0.3) is 0 Å². The molecule has 11 heteroatoms. The Balaban J connectivity index is 1.46. The fraction of sp³-hybridized carbons (Fsp3) is 0.0435. The lowest BCUT2D eigenvalue weighted by Gasteiger charge is -2.10. The zero-order valence-corrected chi connectivity index (χ0v) is 16.6. The van der Waals surface area contributed by atoms with Gasteiger partial charge in [0.05, 0.1) is 5.56 Å². The molecule has 0 saturated carbocycles. The largest absolute Gasteiger partial charge is 0.476 e. The summed E-state index contributed by atoms with van der Waals surface area (Å²) in [5.74, 6) is -15.7. The average molecular weight is 480 g/mol. The zero-order chi connectivity index (χ0) is 24.6. The lowest BCUT2D eigenvalue weighted by atomic mass is 10.1. The Kier molecular flexibility index (Phi) is 6.01. The molecule has 0 atom stereocenters. The number of ketones is 1. The van der Waals surface area contributed by atoms with Crippen molar-refractivity contribution in [1.29, 1.82) is 0 Å². The highest BCUT2D eigenvalue weighted by atomic mass is 19.2. The van der Waals surface area contributed by atoms with E-state index in [0.29, 0.717) is 0 Å². The number of carbonyl (C=O) groups excluding carboxylic acids is 2. The standard InChI is InChI=1S/C23H10F6O5/c24-13-4-2-1-3-10(13)7-15-22(31)12-6-5-11(8-14(12)34-15)33-16(30)9-32-23-20(28)18(26)17(25)19(27)21(23)29/h1-8H,9H2/b15-7-. The maximum Gasteiger partial charge on any atom is 0.349 e. The molecule has 174 valence electrons. The van der Waals surface area contributed by atoms with E-state index in [1.165, 1.54) is 36.4 Å². The van der Waals surface area contributed by atoms with E-state index in [-0.39, 0.29) is 28.4 Å². The number of hydrogen-bond donors (Lipinski definition) is 0. The van der Waals surface area contributed by atoms with Crippen LogP contribution in [-0.2, 0) is 4.79 Å². The van der Waals surface area contributed by atoms with E-state index < -0.39 is 59.0 Å². The average Bonchev–Trinajstić information content (AvgIpc) is 3.12. The van der Waals surface area contributed by atoms with Gasteiger partial charge < -0.3 is 14.2 Å². The molecule has 1 heterocycles. The summed E-state index contributed by atoms with van der Waals surface area (Å²) in [6, 6.07) is 9.26. The lowest BCUT2D eigenvalue weighted by molar-refractivity contribution is -0.136. The first-order valence-corrected chi connectivity index (χ1v) is 9.35. The zero-order valence-electron chi connectivity index (χ0n) is 16.6. The quantitative estimate of drug-likeness (QED) is 0.127. The number of rotatable bonds is 5. The number of hydrogen-bond acceptors (Lipinski definition) is 5. The molecule has 0 radical (unpaired) electrons. The molecule has 0 aromatic heterocycles. The predicted octanol–water partition coefficient (Wildman–Crippen LogP) is 5.12. The van der Waals surface area contributed by atoms with Gasteiger partial charge in [-0.25, -0.2) is 22.4 Å². The van der Waals surface area contributed by atoms with Gasteiger partial charge in [-0.1, -0.05) is 18.2 Å². The van der Waals surface area contributed by atoms with Crippen LogP contribution in [0.15, 0.2) is 48.2 Å². The Morgan fingerprint density at radius 3 is 2.21 bits per heavy atom. The van der Waals surface area contributed by atoms with Crippen LogP contribution >= 0.6 is 0 Å². The van der Waals surface area contributed by atoms with Crippen LogP contribution in [0.4, 0.5) is 26.3 Å². The van der Waals surface area contributed by atoms with Crippen molar-refractivity contribution in [2.45, 2.75) is 0 Å². The molecule has 0 fully saturated rings. The van der Waals surface area contributed by atoms with Crippen LogP contribution in [0, 0.1) is 34.9 Å². The van der Waals surface area contributed by atoms with E-state index in [1.54, 1.807) is 6.07 Å². The number of carbonyl (C=O) groups is 2.